The molecule has 0 spiro atoms. The second-order valence-corrected chi connectivity index (χ2v) is 6.09. The Hall–Kier alpha value is -2.05. The van der Waals surface area contributed by atoms with Gasteiger partial charge in [0.1, 0.15) is 5.82 Å². The Labute approximate surface area is 134 Å². The average Bonchev–Trinajstić information content (AvgIpc) is 3.06. The molecule has 2 aromatic rings. The summed E-state index contributed by atoms with van der Waals surface area (Å²) in [5.74, 6) is -0.204. The maximum Gasteiger partial charge on any atom is 0.123 e. The van der Waals surface area contributed by atoms with Gasteiger partial charge in [-0.05, 0) is 24.1 Å². The Morgan fingerprint density at radius 3 is 3.04 bits per heavy atom. The number of hydrogen-bond donors (Lipinski definition) is 0. The molecule has 0 saturated carbocycles. The first-order valence-electron chi connectivity index (χ1n) is 7.95. The van der Waals surface area contributed by atoms with Gasteiger partial charge in [-0.3, -0.25) is 4.90 Å². The number of benzene rings is 1. The van der Waals surface area contributed by atoms with E-state index in [0.29, 0.717) is 6.61 Å². The first-order chi connectivity index (χ1) is 11.3. The van der Waals surface area contributed by atoms with E-state index in [2.05, 4.69) is 21.3 Å². The van der Waals surface area contributed by atoms with Crippen LogP contribution in [0.4, 0.5) is 4.39 Å². The summed E-state index contributed by atoms with van der Waals surface area (Å²) >= 11 is 0. The minimum Gasteiger partial charge on any atom is -0.370 e. The Morgan fingerprint density at radius 1 is 1.30 bits per heavy atom. The monoisotopic (exact) mass is 314 g/mol. The second-order valence-electron chi connectivity index (χ2n) is 6.09. The van der Waals surface area contributed by atoms with Gasteiger partial charge in [-0.15, -0.1) is 5.10 Å². The highest BCUT2D eigenvalue weighted by Gasteiger charge is 2.35. The lowest BCUT2D eigenvalue weighted by molar-refractivity contribution is -0.0638. The molecule has 2 aliphatic rings. The molecule has 0 amide bonds. The smallest absolute Gasteiger partial charge is 0.123 e. The fourth-order valence-corrected chi connectivity index (χ4v) is 3.32. The first-order valence-corrected chi connectivity index (χ1v) is 7.95. The van der Waals surface area contributed by atoms with Crippen molar-refractivity contribution in [3.63, 3.8) is 0 Å². The zero-order chi connectivity index (χ0) is 15.6. The summed E-state index contributed by atoms with van der Waals surface area (Å²) < 4.78 is 20.8. The molecular weight excluding hydrogens is 295 g/mol. The van der Waals surface area contributed by atoms with E-state index in [1.165, 1.54) is 12.1 Å². The van der Waals surface area contributed by atoms with Crippen LogP contribution in [0.5, 0.6) is 0 Å². The van der Waals surface area contributed by atoms with Crippen LogP contribution in [0.3, 0.4) is 0 Å². The molecule has 0 radical (unpaired) electrons. The van der Waals surface area contributed by atoms with E-state index in [1.807, 2.05) is 10.8 Å². The minimum absolute atomic E-state index is 0.204. The molecule has 1 aromatic heterocycles. The molecule has 0 aliphatic carbocycles. The summed E-state index contributed by atoms with van der Waals surface area (Å²) in [5.41, 5.74) is 2.07. The van der Waals surface area contributed by atoms with Gasteiger partial charge in [0.15, 0.2) is 0 Å². The summed E-state index contributed by atoms with van der Waals surface area (Å²) in [6, 6.07) is 6.78. The van der Waals surface area contributed by atoms with E-state index < -0.39 is 0 Å². The van der Waals surface area contributed by atoms with E-state index in [4.69, 9.17) is 4.74 Å². The van der Waals surface area contributed by atoms with E-state index in [9.17, 15) is 4.39 Å². The molecule has 1 fully saturated rings. The SMILES string of the molecule is Fc1ccc(/C=C/CN2CC[C@H]3OCc4cnnn4[C@@H]3C2)cc1. The summed E-state index contributed by atoms with van der Waals surface area (Å²) in [4.78, 5) is 2.39. The van der Waals surface area contributed by atoms with Crippen LogP contribution >= 0.6 is 0 Å². The molecule has 4 rings (SSSR count). The number of halogens is 1. The van der Waals surface area contributed by atoms with Gasteiger partial charge in [-0.2, -0.15) is 0 Å². The van der Waals surface area contributed by atoms with Crippen LogP contribution < -0.4 is 0 Å². The van der Waals surface area contributed by atoms with Crippen molar-refractivity contribution in [1.82, 2.24) is 19.9 Å². The highest BCUT2D eigenvalue weighted by atomic mass is 19.1. The number of nitrogens with zero attached hydrogens (tertiary/aromatic N) is 4. The quantitative estimate of drug-likeness (QED) is 0.872. The van der Waals surface area contributed by atoms with Gasteiger partial charge in [0.05, 0.1) is 30.6 Å². The molecular formula is C17H19FN4O. The van der Waals surface area contributed by atoms with Gasteiger partial charge in [0.2, 0.25) is 0 Å². The number of aromatic nitrogens is 3. The third-order valence-electron chi connectivity index (χ3n) is 4.56. The van der Waals surface area contributed by atoms with Crippen LogP contribution in [0, 0.1) is 5.82 Å². The molecule has 5 nitrogen and oxygen atoms in total. The Bertz CT molecular complexity index is 697. The lowest BCUT2D eigenvalue weighted by atomic mass is 10.0. The van der Waals surface area contributed by atoms with Crippen molar-refractivity contribution >= 4 is 6.08 Å². The molecule has 3 heterocycles. The van der Waals surface area contributed by atoms with Crippen LogP contribution in [-0.4, -0.2) is 45.6 Å². The van der Waals surface area contributed by atoms with Crippen molar-refractivity contribution in [1.29, 1.82) is 0 Å². The van der Waals surface area contributed by atoms with Crippen molar-refractivity contribution in [3.05, 3.63) is 53.6 Å². The van der Waals surface area contributed by atoms with Crippen molar-refractivity contribution in [2.45, 2.75) is 25.2 Å². The van der Waals surface area contributed by atoms with Gasteiger partial charge in [0.25, 0.3) is 0 Å². The standard InChI is InChI=1S/C17H19FN4O/c18-14-5-3-13(4-6-14)2-1-8-21-9-7-17-16(11-21)22-15(12-23-17)10-19-20-22/h1-6,10,16-17H,7-9,11-12H2/b2-1+/t16-,17-/m1/s1. The number of rotatable bonds is 3. The van der Waals surface area contributed by atoms with E-state index >= 15 is 0 Å². The third kappa shape index (κ3) is 3.04. The van der Waals surface area contributed by atoms with Crippen molar-refractivity contribution < 1.29 is 9.13 Å². The summed E-state index contributed by atoms with van der Waals surface area (Å²) in [7, 11) is 0. The molecule has 2 atom stereocenters. The topological polar surface area (TPSA) is 43.2 Å². The maximum atomic E-state index is 12.9. The highest BCUT2D eigenvalue weighted by Crippen LogP contribution is 2.29. The summed E-state index contributed by atoms with van der Waals surface area (Å²) in [6.07, 6.45) is 7.18. The van der Waals surface area contributed by atoms with Gasteiger partial charge < -0.3 is 4.74 Å². The average molecular weight is 314 g/mol. The Kier molecular flexibility index (Phi) is 3.93. The predicted molar refractivity (Wildman–Crippen MR) is 84.1 cm³/mol. The van der Waals surface area contributed by atoms with Crippen molar-refractivity contribution in [2.24, 2.45) is 0 Å². The molecule has 0 unspecified atom stereocenters. The van der Waals surface area contributed by atoms with Crippen LogP contribution in [0.2, 0.25) is 0 Å². The zero-order valence-electron chi connectivity index (χ0n) is 12.8. The van der Waals surface area contributed by atoms with Crippen LogP contribution in [0.25, 0.3) is 6.08 Å². The first kappa shape index (κ1) is 14.5. The van der Waals surface area contributed by atoms with E-state index in [1.54, 1.807) is 18.3 Å². The second kappa shape index (κ2) is 6.22. The third-order valence-corrected chi connectivity index (χ3v) is 4.56. The lowest BCUT2D eigenvalue weighted by Crippen LogP contribution is -2.47. The molecule has 0 N–H and O–H groups in total. The lowest BCUT2D eigenvalue weighted by Gasteiger charge is -2.40. The van der Waals surface area contributed by atoms with Gasteiger partial charge >= 0.3 is 0 Å². The molecule has 6 heteroatoms. The van der Waals surface area contributed by atoms with Crippen molar-refractivity contribution in [2.75, 3.05) is 19.6 Å². The molecule has 0 bridgehead atoms. The van der Waals surface area contributed by atoms with E-state index in [-0.39, 0.29) is 18.0 Å². The largest absolute Gasteiger partial charge is 0.370 e. The molecule has 1 aromatic carbocycles. The summed E-state index contributed by atoms with van der Waals surface area (Å²) in [6.45, 7) is 3.40. The maximum absolute atomic E-state index is 12.9. The van der Waals surface area contributed by atoms with Crippen molar-refractivity contribution in [3.8, 4) is 0 Å². The van der Waals surface area contributed by atoms with Gasteiger partial charge in [-0.25, -0.2) is 9.07 Å². The fraction of sp³-hybridized carbons (Fsp3) is 0.412. The predicted octanol–water partition coefficient (Wildman–Crippen LogP) is 2.28. The number of hydrogen-bond acceptors (Lipinski definition) is 4. The Balaban J connectivity index is 1.39. The Morgan fingerprint density at radius 2 is 2.17 bits per heavy atom. The summed E-state index contributed by atoms with van der Waals surface area (Å²) in [5, 5.41) is 8.22. The fourth-order valence-electron chi connectivity index (χ4n) is 3.32. The van der Waals surface area contributed by atoms with E-state index in [0.717, 1.165) is 37.3 Å². The van der Waals surface area contributed by atoms with Crippen LogP contribution in [0.15, 0.2) is 36.5 Å². The van der Waals surface area contributed by atoms with Crippen LogP contribution in [-0.2, 0) is 11.3 Å². The number of likely N-dealkylation sites (tertiary alicyclic amines) is 1. The molecule has 120 valence electrons. The number of piperidine rings is 1. The van der Waals surface area contributed by atoms with Gasteiger partial charge in [-0.1, -0.05) is 29.5 Å². The zero-order valence-corrected chi connectivity index (χ0v) is 12.8. The molecule has 1 saturated heterocycles. The number of ether oxygens (including phenoxy) is 1. The molecule has 2 aliphatic heterocycles. The number of fused-ring (bicyclic) bond motifs is 3. The van der Waals surface area contributed by atoms with Gasteiger partial charge in [0, 0.05) is 19.6 Å². The normalized spacial score (nSPS) is 24.6. The molecule has 23 heavy (non-hydrogen) atoms. The minimum atomic E-state index is -0.204. The van der Waals surface area contributed by atoms with Crippen LogP contribution in [0.1, 0.15) is 23.7 Å². The highest BCUT2D eigenvalue weighted by molar-refractivity contribution is 5.48.